The zero-order chi connectivity index (χ0) is 17.4. The topological polar surface area (TPSA) is 56.9 Å². The molecule has 1 heterocycles. The number of hydrogen-bond acceptors (Lipinski definition) is 3. The first-order valence-electron chi connectivity index (χ1n) is 8.46. The van der Waals surface area contributed by atoms with Crippen LogP contribution < -0.4 is 16.0 Å². The van der Waals surface area contributed by atoms with E-state index in [0.717, 1.165) is 62.0 Å². The van der Waals surface area contributed by atoms with Crippen LogP contribution in [-0.2, 0) is 0 Å². The first-order chi connectivity index (χ1) is 11.6. The Balaban J connectivity index is 1.64. The zero-order valence-corrected chi connectivity index (χ0v) is 15.2. The molecular formula is C18H28ClN5. The average Bonchev–Trinajstić information content (AvgIpc) is 2.58. The van der Waals surface area contributed by atoms with Gasteiger partial charge in [-0.1, -0.05) is 35.9 Å². The van der Waals surface area contributed by atoms with E-state index < -0.39 is 0 Å². The maximum atomic E-state index is 6.28. The molecule has 1 saturated heterocycles. The van der Waals surface area contributed by atoms with E-state index in [1.54, 1.807) is 0 Å². The number of nitrogens with two attached hydrogens (primary N) is 1. The van der Waals surface area contributed by atoms with Crippen molar-refractivity contribution < 1.29 is 0 Å². The van der Waals surface area contributed by atoms with Crippen molar-refractivity contribution in [1.82, 2.24) is 10.2 Å². The van der Waals surface area contributed by atoms with Gasteiger partial charge in [0.15, 0.2) is 5.96 Å². The lowest BCUT2D eigenvalue weighted by Crippen LogP contribution is -2.47. The second-order valence-electron chi connectivity index (χ2n) is 6.22. The number of nitrogens with zero attached hydrogens (tertiary/aromatic N) is 3. The van der Waals surface area contributed by atoms with Gasteiger partial charge < -0.3 is 16.0 Å². The van der Waals surface area contributed by atoms with Crippen LogP contribution in [0.5, 0.6) is 0 Å². The molecule has 0 amide bonds. The van der Waals surface area contributed by atoms with Crippen LogP contribution >= 0.6 is 11.6 Å². The lowest BCUT2D eigenvalue weighted by Gasteiger charge is -2.36. The first kappa shape index (κ1) is 18.6. The molecule has 1 aromatic rings. The molecule has 0 saturated carbocycles. The predicted octanol–water partition coefficient (Wildman–Crippen LogP) is 2.33. The Morgan fingerprint density at radius 2 is 2.00 bits per heavy atom. The van der Waals surface area contributed by atoms with E-state index in [1.807, 2.05) is 25.1 Å². The van der Waals surface area contributed by atoms with Crippen LogP contribution in [0.2, 0.25) is 5.02 Å². The van der Waals surface area contributed by atoms with E-state index in [4.69, 9.17) is 17.3 Å². The highest BCUT2D eigenvalue weighted by Gasteiger charge is 2.18. The van der Waals surface area contributed by atoms with E-state index in [-0.39, 0.29) is 0 Å². The molecule has 1 aromatic carbocycles. The van der Waals surface area contributed by atoms with Crippen LogP contribution in [0.4, 0.5) is 5.69 Å². The van der Waals surface area contributed by atoms with Gasteiger partial charge in [-0.25, -0.2) is 4.99 Å². The van der Waals surface area contributed by atoms with Crippen molar-refractivity contribution in [2.45, 2.75) is 13.3 Å². The SMILES string of the molecule is C=C(C)CN=C(N)NCCCN1CCN(c2ccccc2Cl)CC1. The molecule has 0 spiro atoms. The summed E-state index contributed by atoms with van der Waals surface area (Å²) in [7, 11) is 0. The third-order valence-corrected chi connectivity index (χ3v) is 4.36. The molecule has 0 radical (unpaired) electrons. The van der Waals surface area contributed by atoms with Gasteiger partial charge in [0, 0.05) is 32.7 Å². The Kier molecular flexibility index (Phi) is 7.40. The highest BCUT2D eigenvalue weighted by molar-refractivity contribution is 6.33. The van der Waals surface area contributed by atoms with E-state index in [9.17, 15) is 0 Å². The van der Waals surface area contributed by atoms with Crippen molar-refractivity contribution in [3.63, 3.8) is 0 Å². The number of rotatable bonds is 7. The maximum Gasteiger partial charge on any atom is 0.188 e. The Labute approximate surface area is 150 Å². The van der Waals surface area contributed by atoms with Crippen molar-refractivity contribution in [3.05, 3.63) is 41.4 Å². The number of piperazine rings is 1. The van der Waals surface area contributed by atoms with Crippen LogP contribution in [-0.4, -0.2) is 56.7 Å². The van der Waals surface area contributed by atoms with E-state index in [0.29, 0.717) is 12.5 Å². The second kappa shape index (κ2) is 9.55. The van der Waals surface area contributed by atoms with Gasteiger partial charge in [-0.15, -0.1) is 0 Å². The first-order valence-corrected chi connectivity index (χ1v) is 8.84. The number of hydrogen-bond donors (Lipinski definition) is 2. The quantitative estimate of drug-likeness (QED) is 0.343. The molecule has 132 valence electrons. The Bertz CT molecular complexity index is 564. The van der Waals surface area contributed by atoms with Gasteiger partial charge in [0.05, 0.1) is 17.3 Å². The molecule has 6 heteroatoms. The van der Waals surface area contributed by atoms with Crippen LogP contribution in [0, 0.1) is 0 Å². The van der Waals surface area contributed by atoms with Gasteiger partial charge in [0.25, 0.3) is 0 Å². The van der Waals surface area contributed by atoms with Gasteiger partial charge in [-0.05, 0) is 32.0 Å². The summed E-state index contributed by atoms with van der Waals surface area (Å²) < 4.78 is 0. The number of anilines is 1. The maximum absolute atomic E-state index is 6.28. The molecule has 1 aliphatic rings. The third kappa shape index (κ3) is 6.06. The van der Waals surface area contributed by atoms with E-state index >= 15 is 0 Å². The summed E-state index contributed by atoms with van der Waals surface area (Å²) >= 11 is 6.28. The van der Waals surface area contributed by atoms with Crippen LogP contribution in [0.3, 0.4) is 0 Å². The molecule has 1 aliphatic heterocycles. The minimum atomic E-state index is 0.501. The van der Waals surface area contributed by atoms with Gasteiger partial charge in [-0.3, -0.25) is 4.90 Å². The number of halogens is 1. The molecule has 1 fully saturated rings. The number of para-hydroxylation sites is 1. The summed E-state index contributed by atoms with van der Waals surface area (Å²) in [5, 5.41) is 3.98. The molecule has 24 heavy (non-hydrogen) atoms. The Morgan fingerprint density at radius 1 is 1.29 bits per heavy atom. The summed E-state index contributed by atoms with van der Waals surface area (Å²) in [5.74, 6) is 0.501. The standard InChI is InChI=1S/C18H28ClN5/c1-15(2)14-22-18(20)21-8-5-9-23-10-12-24(13-11-23)17-7-4-3-6-16(17)19/h3-4,6-7H,1,5,8-14H2,2H3,(H3,20,21,22). The third-order valence-electron chi connectivity index (χ3n) is 4.04. The summed E-state index contributed by atoms with van der Waals surface area (Å²) in [6, 6.07) is 8.06. The van der Waals surface area contributed by atoms with Gasteiger partial charge in [-0.2, -0.15) is 0 Å². The van der Waals surface area contributed by atoms with Crippen LogP contribution in [0.15, 0.2) is 41.4 Å². The molecule has 0 aromatic heterocycles. The van der Waals surface area contributed by atoms with Crippen molar-refractivity contribution in [2.24, 2.45) is 10.7 Å². The highest BCUT2D eigenvalue weighted by Crippen LogP contribution is 2.25. The van der Waals surface area contributed by atoms with Crippen molar-refractivity contribution in [3.8, 4) is 0 Å². The highest BCUT2D eigenvalue weighted by atomic mass is 35.5. The fraction of sp³-hybridized carbons (Fsp3) is 0.500. The molecular weight excluding hydrogens is 322 g/mol. The molecule has 0 atom stereocenters. The van der Waals surface area contributed by atoms with Gasteiger partial charge >= 0.3 is 0 Å². The number of aliphatic imine (C=N–C) groups is 1. The van der Waals surface area contributed by atoms with Crippen LogP contribution in [0.1, 0.15) is 13.3 Å². The lowest BCUT2D eigenvalue weighted by molar-refractivity contribution is 0.255. The summed E-state index contributed by atoms with van der Waals surface area (Å²) in [6.45, 7) is 12.4. The van der Waals surface area contributed by atoms with Crippen molar-refractivity contribution in [2.75, 3.05) is 50.7 Å². The molecule has 5 nitrogen and oxygen atoms in total. The predicted molar refractivity (Wildman–Crippen MR) is 104 cm³/mol. The Hall–Kier alpha value is -1.72. The summed E-state index contributed by atoms with van der Waals surface area (Å²) in [4.78, 5) is 9.05. The van der Waals surface area contributed by atoms with E-state index in [1.165, 1.54) is 0 Å². The minimum Gasteiger partial charge on any atom is -0.370 e. The molecule has 0 aliphatic carbocycles. The number of nitrogens with one attached hydrogen (secondary N) is 1. The zero-order valence-electron chi connectivity index (χ0n) is 14.5. The van der Waals surface area contributed by atoms with Gasteiger partial charge in [0.2, 0.25) is 0 Å². The van der Waals surface area contributed by atoms with Crippen molar-refractivity contribution in [1.29, 1.82) is 0 Å². The molecule has 3 N–H and O–H groups in total. The van der Waals surface area contributed by atoms with Gasteiger partial charge in [0.1, 0.15) is 0 Å². The summed E-state index contributed by atoms with van der Waals surface area (Å²) in [6.07, 6.45) is 1.05. The molecule has 0 unspecified atom stereocenters. The monoisotopic (exact) mass is 349 g/mol. The molecule has 0 bridgehead atoms. The van der Waals surface area contributed by atoms with E-state index in [2.05, 4.69) is 32.8 Å². The largest absolute Gasteiger partial charge is 0.370 e. The van der Waals surface area contributed by atoms with Crippen molar-refractivity contribution >= 4 is 23.2 Å². The Morgan fingerprint density at radius 3 is 2.67 bits per heavy atom. The minimum absolute atomic E-state index is 0.501. The lowest BCUT2D eigenvalue weighted by atomic mass is 10.2. The smallest absolute Gasteiger partial charge is 0.188 e. The second-order valence-corrected chi connectivity index (χ2v) is 6.63. The van der Waals surface area contributed by atoms with Crippen LogP contribution in [0.25, 0.3) is 0 Å². The fourth-order valence-corrected chi connectivity index (χ4v) is 2.97. The normalized spacial score (nSPS) is 16.2. The number of guanidine groups is 1. The average molecular weight is 350 g/mol. The number of benzene rings is 1. The fourth-order valence-electron chi connectivity index (χ4n) is 2.72. The molecule has 2 rings (SSSR count). The summed E-state index contributed by atoms with van der Waals surface area (Å²) in [5.41, 5.74) is 7.95.